The highest BCUT2D eigenvalue weighted by Gasteiger charge is 2.26. The molecule has 0 aliphatic carbocycles. The van der Waals surface area contributed by atoms with Crippen LogP contribution in [0.3, 0.4) is 0 Å². The molecule has 0 saturated carbocycles. The van der Waals surface area contributed by atoms with Crippen LogP contribution in [0.2, 0.25) is 0 Å². The van der Waals surface area contributed by atoms with Gasteiger partial charge in [-0.1, -0.05) is 0 Å². The number of carbonyl (C=O) groups excluding carboxylic acids is 2. The molecule has 1 unspecified atom stereocenters. The second kappa shape index (κ2) is 7.23. The molecule has 2 aromatic heterocycles. The van der Waals surface area contributed by atoms with E-state index in [2.05, 4.69) is 4.98 Å². The van der Waals surface area contributed by atoms with Crippen molar-refractivity contribution >= 4 is 34.6 Å². The van der Waals surface area contributed by atoms with Crippen molar-refractivity contribution in [1.29, 1.82) is 0 Å². The Balaban J connectivity index is 1.61. The van der Waals surface area contributed by atoms with E-state index in [1.54, 1.807) is 28.5 Å². The van der Waals surface area contributed by atoms with Crippen molar-refractivity contribution in [2.45, 2.75) is 32.3 Å². The molecule has 0 bridgehead atoms. The molecule has 7 heteroatoms. The quantitative estimate of drug-likeness (QED) is 0.793. The second-order valence-corrected chi connectivity index (χ2v) is 7.12. The summed E-state index contributed by atoms with van der Waals surface area (Å²) in [5.74, 6) is -0.660. The van der Waals surface area contributed by atoms with Gasteiger partial charge in [-0.3, -0.25) is 4.79 Å². The van der Waals surface area contributed by atoms with Crippen LogP contribution in [0.1, 0.15) is 36.7 Å². The van der Waals surface area contributed by atoms with Gasteiger partial charge in [-0.25, -0.2) is 9.78 Å². The average molecular weight is 350 g/mol. The van der Waals surface area contributed by atoms with Crippen molar-refractivity contribution < 1.29 is 14.3 Å². The summed E-state index contributed by atoms with van der Waals surface area (Å²) < 4.78 is 5.30. The Morgan fingerprint density at radius 1 is 1.26 bits per heavy atom. The fourth-order valence-corrected chi connectivity index (χ4v) is 4.03. The zero-order chi connectivity index (χ0) is 16.2. The van der Waals surface area contributed by atoms with E-state index in [-0.39, 0.29) is 11.6 Å². The lowest BCUT2D eigenvalue weighted by molar-refractivity contribution is -0.140. The van der Waals surface area contributed by atoms with Crippen LogP contribution in [0.25, 0.3) is 10.6 Å². The summed E-state index contributed by atoms with van der Waals surface area (Å²) in [6.07, 6.45) is 2.42. The molecule has 1 amide bonds. The highest BCUT2D eigenvalue weighted by molar-refractivity contribution is 7.14. The lowest BCUT2D eigenvalue weighted by Crippen LogP contribution is -2.42. The number of nitrogens with zero attached hydrogens (tertiary/aromatic N) is 2. The summed E-state index contributed by atoms with van der Waals surface area (Å²) in [6, 6.07) is 1.96. The average Bonchev–Trinajstić information content (AvgIpc) is 3.25. The van der Waals surface area contributed by atoms with Gasteiger partial charge in [-0.05, 0) is 37.6 Å². The van der Waals surface area contributed by atoms with Gasteiger partial charge in [0.15, 0.2) is 11.8 Å². The number of rotatable bonds is 4. The van der Waals surface area contributed by atoms with Crippen molar-refractivity contribution in [3.8, 4) is 10.6 Å². The van der Waals surface area contributed by atoms with Crippen LogP contribution in [-0.2, 0) is 9.53 Å². The van der Waals surface area contributed by atoms with Crippen LogP contribution < -0.4 is 0 Å². The van der Waals surface area contributed by atoms with Crippen LogP contribution >= 0.6 is 22.7 Å². The third-order valence-electron chi connectivity index (χ3n) is 3.78. The maximum Gasteiger partial charge on any atom is 0.358 e. The maximum atomic E-state index is 12.3. The normalized spacial score (nSPS) is 16.1. The van der Waals surface area contributed by atoms with Gasteiger partial charge >= 0.3 is 5.97 Å². The molecule has 2 aromatic rings. The van der Waals surface area contributed by atoms with Crippen molar-refractivity contribution in [2.24, 2.45) is 0 Å². The standard InChI is InChI=1S/C16H18N2O3S2/c1-11(15(19)18-6-3-2-4-7-18)21-16(20)13-10-23-14(17-13)12-5-8-22-9-12/h5,8-11H,2-4,6-7H2,1H3. The van der Waals surface area contributed by atoms with Gasteiger partial charge in [0.2, 0.25) is 0 Å². The van der Waals surface area contributed by atoms with Crippen LogP contribution in [0, 0.1) is 0 Å². The first kappa shape index (κ1) is 16.1. The maximum absolute atomic E-state index is 12.3. The number of thiazole rings is 1. The van der Waals surface area contributed by atoms with E-state index in [4.69, 9.17) is 4.74 Å². The van der Waals surface area contributed by atoms with Gasteiger partial charge in [0.25, 0.3) is 5.91 Å². The monoisotopic (exact) mass is 350 g/mol. The number of amides is 1. The number of hydrogen-bond donors (Lipinski definition) is 0. The van der Waals surface area contributed by atoms with Gasteiger partial charge in [0, 0.05) is 29.4 Å². The van der Waals surface area contributed by atoms with Crippen molar-refractivity contribution in [1.82, 2.24) is 9.88 Å². The molecule has 0 aromatic carbocycles. The molecule has 0 N–H and O–H groups in total. The van der Waals surface area contributed by atoms with Crippen LogP contribution in [0.15, 0.2) is 22.2 Å². The minimum atomic E-state index is -0.771. The number of piperidine rings is 1. The molecule has 3 heterocycles. The van der Waals surface area contributed by atoms with Crippen LogP contribution in [-0.4, -0.2) is 41.0 Å². The molecule has 1 atom stereocenters. The molecule has 23 heavy (non-hydrogen) atoms. The molecular weight excluding hydrogens is 332 g/mol. The van der Waals surface area contributed by atoms with Gasteiger partial charge in [-0.2, -0.15) is 11.3 Å². The summed E-state index contributed by atoms with van der Waals surface area (Å²) in [7, 11) is 0. The predicted molar refractivity (Wildman–Crippen MR) is 90.7 cm³/mol. The highest BCUT2D eigenvalue weighted by Crippen LogP contribution is 2.26. The Morgan fingerprint density at radius 3 is 2.74 bits per heavy atom. The topological polar surface area (TPSA) is 59.5 Å². The Bertz CT molecular complexity index is 675. The third-order valence-corrected chi connectivity index (χ3v) is 5.36. The number of hydrogen-bond acceptors (Lipinski definition) is 6. The molecule has 3 rings (SSSR count). The minimum absolute atomic E-state index is 0.119. The largest absolute Gasteiger partial charge is 0.448 e. The fourth-order valence-electron chi connectivity index (χ4n) is 2.53. The predicted octanol–water partition coefficient (Wildman–Crippen LogP) is 3.43. The van der Waals surface area contributed by atoms with Gasteiger partial charge in [0.1, 0.15) is 5.01 Å². The summed E-state index contributed by atoms with van der Waals surface area (Å²) in [5, 5.41) is 6.41. The van der Waals surface area contributed by atoms with Gasteiger partial charge in [-0.15, -0.1) is 11.3 Å². The molecule has 1 aliphatic rings. The summed E-state index contributed by atoms with van der Waals surface area (Å²) in [5.41, 5.74) is 1.26. The number of aromatic nitrogens is 1. The summed E-state index contributed by atoms with van der Waals surface area (Å²) in [6.45, 7) is 3.13. The van der Waals surface area contributed by atoms with E-state index in [9.17, 15) is 9.59 Å². The van der Waals surface area contributed by atoms with Crippen molar-refractivity contribution in [3.63, 3.8) is 0 Å². The van der Waals surface area contributed by atoms with E-state index < -0.39 is 12.1 Å². The molecule has 122 valence electrons. The molecule has 5 nitrogen and oxygen atoms in total. The molecule has 1 fully saturated rings. The van der Waals surface area contributed by atoms with Gasteiger partial charge < -0.3 is 9.64 Å². The van der Waals surface area contributed by atoms with E-state index in [0.717, 1.165) is 42.9 Å². The Hall–Kier alpha value is -1.73. The lowest BCUT2D eigenvalue weighted by Gasteiger charge is -2.28. The SMILES string of the molecule is CC(OC(=O)c1csc(-c2ccsc2)n1)C(=O)N1CCCCC1. The first-order valence-corrected chi connectivity index (χ1v) is 9.45. The van der Waals surface area contributed by atoms with Crippen molar-refractivity contribution in [2.75, 3.05) is 13.1 Å². The molecule has 0 radical (unpaired) electrons. The fraction of sp³-hybridized carbons (Fsp3) is 0.438. The number of carbonyl (C=O) groups is 2. The summed E-state index contributed by atoms with van der Waals surface area (Å²) >= 11 is 2.98. The Morgan fingerprint density at radius 2 is 2.04 bits per heavy atom. The number of thiophene rings is 1. The third kappa shape index (κ3) is 3.79. The van der Waals surface area contributed by atoms with E-state index >= 15 is 0 Å². The van der Waals surface area contributed by atoms with E-state index in [0.29, 0.717) is 0 Å². The minimum Gasteiger partial charge on any atom is -0.448 e. The van der Waals surface area contributed by atoms with E-state index in [1.807, 2.05) is 16.8 Å². The highest BCUT2D eigenvalue weighted by atomic mass is 32.1. The van der Waals surface area contributed by atoms with E-state index in [1.165, 1.54) is 11.3 Å². The Labute approximate surface area is 142 Å². The Kier molecular flexibility index (Phi) is 5.07. The molecular formula is C16H18N2O3S2. The van der Waals surface area contributed by atoms with Gasteiger partial charge in [0.05, 0.1) is 0 Å². The van der Waals surface area contributed by atoms with Crippen LogP contribution in [0.4, 0.5) is 0 Å². The van der Waals surface area contributed by atoms with Crippen molar-refractivity contribution in [3.05, 3.63) is 27.9 Å². The first-order valence-electron chi connectivity index (χ1n) is 7.63. The number of ether oxygens (including phenoxy) is 1. The summed E-state index contributed by atoms with van der Waals surface area (Å²) in [4.78, 5) is 30.5. The number of esters is 1. The van der Waals surface area contributed by atoms with Crippen LogP contribution in [0.5, 0.6) is 0 Å². The second-order valence-electron chi connectivity index (χ2n) is 5.48. The molecule has 1 aliphatic heterocycles. The molecule has 0 spiro atoms. The zero-order valence-corrected chi connectivity index (χ0v) is 14.5. The first-order chi connectivity index (χ1) is 11.1. The number of likely N-dealkylation sites (tertiary alicyclic amines) is 1. The lowest BCUT2D eigenvalue weighted by atomic mass is 10.1. The molecule has 1 saturated heterocycles. The zero-order valence-electron chi connectivity index (χ0n) is 12.9. The smallest absolute Gasteiger partial charge is 0.358 e.